The summed E-state index contributed by atoms with van der Waals surface area (Å²) in [6, 6.07) is 11.9. The molecule has 2 N–H and O–H groups in total. The summed E-state index contributed by atoms with van der Waals surface area (Å²) in [4.78, 5) is 4.22. The minimum absolute atomic E-state index is 0. The lowest BCUT2D eigenvalue weighted by Crippen LogP contribution is -2.37. The van der Waals surface area contributed by atoms with Crippen LogP contribution < -0.4 is 24.8 Å². The van der Waals surface area contributed by atoms with E-state index < -0.39 is 0 Å². The van der Waals surface area contributed by atoms with Crippen molar-refractivity contribution in [1.29, 1.82) is 0 Å². The van der Waals surface area contributed by atoms with Crippen LogP contribution >= 0.6 is 24.0 Å². The van der Waals surface area contributed by atoms with E-state index in [1.807, 2.05) is 18.2 Å². The van der Waals surface area contributed by atoms with Gasteiger partial charge in [0.1, 0.15) is 11.6 Å². The second-order valence-corrected chi connectivity index (χ2v) is 6.05. The molecule has 0 bridgehead atoms. The van der Waals surface area contributed by atoms with Crippen LogP contribution in [0.4, 0.5) is 4.39 Å². The quantitative estimate of drug-likeness (QED) is 0.216. The summed E-state index contributed by atoms with van der Waals surface area (Å²) in [5, 5.41) is 6.55. The third-order valence-electron chi connectivity index (χ3n) is 4.08. The highest BCUT2D eigenvalue weighted by atomic mass is 127. The zero-order valence-corrected chi connectivity index (χ0v) is 19.4. The normalized spacial score (nSPS) is 10.7. The van der Waals surface area contributed by atoms with Crippen molar-refractivity contribution in [2.75, 3.05) is 34.4 Å². The van der Waals surface area contributed by atoms with Gasteiger partial charge in [0.05, 0.1) is 20.8 Å². The van der Waals surface area contributed by atoms with Gasteiger partial charge in [-0.15, -0.1) is 24.0 Å². The Morgan fingerprint density at radius 2 is 1.69 bits per heavy atom. The summed E-state index contributed by atoms with van der Waals surface area (Å²) in [6.45, 7) is 1.98. The van der Waals surface area contributed by atoms with Crippen molar-refractivity contribution < 1.29 is 18.6 Å². The molecule has 0 spiro atoms. The van der Waals surface area contributed by atoms with Crippen molar-refractivity contribution in [3.8, 4) is 17.2 Å². The molecular formula is C21H29FIN3O3. The zero-order chi connectivity index (χ0) is 20.2. The largest absolute Gasteiger partial charge is 0.494 e. The lowest BCUT2D eigenvalue weighted by atomic mass is 10.2. The maximum absolute atomic E-state index is 12.8. The number of methoxy groups -OCH3 is 2. The van der Waals surface area contributed by atoms with Gasteiger partial charge in [0.15, 0.2) is 17.5 Å². The Morgan fingerprint density at radius 1 is 0.966 bits per heavy atom. The first-order chi connectivity index (χ1) is 13.7. The highest BCUT2D eigenvalue weighted by Gasteiger charge is 2.05. The van der Waals surface area contributed by atoms with E-state index in [2.05, 4.69) is 15.6 Å². The van der Waals surface area contributed by atoms with Crippen LogP contribution in [0.25, 0.3) is 0 Å². The van der Waals surface area contributed by atoms with Gasteiger partial charge in [-0.3, -0.25) is 4.99 Å². The zero-order valence-electron chi connectivity index (χ0n) is 17.0. The van der Waals surface area contributed by atoms with E-state index in [1.165, 1.54) is 12.1 Å². The minimum atomic E-state index is -0.261. The lowest BCUT2D eigenvalue weighted by Gasteiger charge is -2.13. The third-order valence-corrected chi connectivity index (χ3v) is 4.08. The number of aliphatic imine (C=N–C) groups is 1. The van der Waals surface area contributed by atoms with E-state index in [1.54, 1.807) is 33.4 Å². The fourth-order valence-corrected chi connectivity index (χ4v) is 2.55. The van der Waals surface area contributed by atoms with Crippen molar-refractivity contribution in [1.82, 2.24) is 10.6 Å². The van der Waals surface area contributed by atoms with Crippen LogP contribution in [-0.4, -0.2) is 40.4 Å². The second-order valence-electron chi connectivity index (χ2n) is 6.05. The van der Waals surface area contributed by atoms with Gasteiger partial charge in [-0.2, -0.15) is 0 Å². The fraction of sp³-hybridized carbons (Fsp3) is 0.381. The molecule has 0 aromatic heterocycles. The number of nitrogens with zero attached hydrogens (tertiary/aromatic N) is 1. The molecule has 160 valence electrons. The smallest absolute Gasteiger partial charge is 0.191 e. The van der Waals surface area contributed by atoms with Crippen molar-refractivity contribution in [2.24, 2.45) is 4.99 Å². The Hall–Kier alpha value is -2.23. The summed E-state index contributed by atoms with van der Waals surface area (Å²) in [5.74, 6) is 2.56. The molecule has 6 nitrogen and oxygen atoms in total. The summed E-state index contributed by atoms with van der Waals surface area (Å²) >= 11 is 0. The van der Waals surface area contributed by atoms with E-state index in [4.69, 9.17) is 14.2 Å². The Balaban J connectivity index is 0.00000420. The van der Waals surface area contributed by atoms with E-state index in [0.717, 1.165) is 30.9 Å². The molecule has 0 radical (unpaired) electrons. The van der Waals surface area contributed by atoms with Gasteiger partial charge in [0.25, 0.3) is 0 Å². The Bertz CT molecular complexity index is 757. The number of benzene rings is 2. The molecule has 0 heterocycles. The van der Waals surface area contributed by atoms with E-state index >= 15 is 0 Å². The summed E-state index contributed by atoms with van der Waals surface area (Å²) < 4.78 is 29.0. The predicted molar refractivity (Wildman–Crippen MR) is 124 cm³/mol. The highest BCUT2D eigenvalue weighted by molar-refractivity contribution is 14.0. The van der Waals surface area contributed by atoms with Gasteiger partial charge in [-0.1, -0.05) is 6.07 Å². The molecule has 0 aliphatic heterocycles. The molecule has 29 heavy (non-hydrogen) atoms. The Labute approximate surface area is 188 Å². The molecule has 0 fully saturated rings. The first-order valence-electron chi connectivity index (χ1n) is 9.20. The maximum Gasteiger partial charge on any atom is 0.191 e. The number of ether oxygens (including phenoxy) is 3. The number of hydrogen-bond acceptors (Lipinski definition) is 4. The van der Waals surface area contributed by atoms with E-state index in [-0.39, 0.29) is 29.8 Å². The molecule has 0 aliphatic rings. The second kappa shape index (κ2) is 13.9. The topological polar surface area (TPSA) is 64.1 Å². The predicted octanol–water partition coefficient (Wildman–Crippen LogP) is 3.99. The summed E-state index contributed by atoms with van der Waals surface area (Å²) in [7, 11) is 4.98. The number of hydrogen-bond donors (Lipinski definition) is 2. The molecule has 2 aromatic carbocycles. The van der Waals surface area contributed by atoms with Gasteiger partial charge >= 0.3 is 0 Å². The molecule has 8 heteroatoms. The van der Waals surface area contributed by atoms with Crippen molar-refractivity contribution in [3.05, 3.63) is 53.8 Å². The molecule has 0 saturated heterocycles. The molecule has 0 aliphatic carbocycles. The summed E-state index contributed by atoms with van der Waals surface area (Å²) in [5.41, 5.74) is 1.06. The van der Waals surface area contributed by atoms with Gasteiger partial charge in [0, 0.05) is 20.1 Å². The van der Waals surface area contributed by atoms with Gasteiger partial charge < -0.3 is 24.8 Å². The molecule has 0 atom stereocenters. The first-order valence-corrected chi connectivity index (χ1v) is 9.20. The van der Waals surface area contributed by atoms with Crippen LogP contribution in [0.15, 0.2) is 47.5 Å². The molecule has 0 unspecified atom stereocenters. The molecule has 2 rings (SSSR count). The van der Waals surface area contributed by atoms with Crippen LogP contribution in [0.5, 0.6) is 17.2 Å². The maximum atomic E-state index is 12.8. The highest BCUT2D eigenvalue weighted by Crippen LogP contribution is 2.27. The average molecular weight is 517 g/mol. The van der Waals surface area contributed by atoms with E-state index in [0.29, 0.717) is 30.4 Å². The van der Waals surface area contributed by atoms with Gasteiger partial charge in [-0.05, 0) is 54.8 Å². The Morgan fingerprint density at radius 3 is 2.34 bits per heavy atom. The fourth-order valence-electron chi connectivity index (χ4n) is 2.55. The average Bonchev–Trinajstić information content (AvgIpc) is 2.73. The molecular weight excluding hydrogens is 488 g/mol. The number of unbranched alkanes of at least 4 members (excludes halogenated alkanes) is 1. The van der Waals surface area contributed by atoms with Crippen molar-refractivity contribution >= 4 is 29.9 Å². The number of rotatable bonds is 10. The lowest BCUT2D eigenvalue weighted by molar-refractivity contribution is 0.306. The van der Waals surface area contributed by atoms with Crippen LogP contribution in [0.3, 0.4) is 0 Å². The van der Waals surface area contributed by atoms with Gasteiger partial charge in [-0.25, -0.2) is 4.39 Å². The van der Waals surface area contributed by atoms with Gasteiger partial charge in [0.2, 0.25) is 0 Å². The van der Waals surface area contributed by atoms with Crippen LogP contribution in [0, 0.1) is 5.82 Å². The summed E-state index contributed by atoms with van der Waals surface area (Å²) in [6.07, 6.45) is 1.81. The van der Waals surface area contributed by atoms with E-state index in [9.17, 15) is 4.39 Å². The Kier molecular flexibility index (Phi) is 11.9. The minimum Gasteiger partial charge on any atom is -0.494 e. The standard InChI is InChI=1S/C21H28FN3O3.HI/c1-23-21(25-15-16-6-11-19(26-2)20(14-16)27-3)24-12-4-5-13-28-18-9-7-17(22)8-10-18;/h6-11,14H,4-5,12-13,15H2,1-3H3,(H2,23,24,25);1H. The number of halogens is 2. The van der Waals surface area contributed by atoms with Crippen molar-refractivity contribution in [2.45, 2.75) is 19.4 Å². The third kappa shape index (κ3) is 8.76. The van der Waals surface area contributed by atoms with Crippen LogP contribution in [0.2, 0.25) is 0 Å². The number of guanidine groups is 1. The molecule has 0 amide bonds. The molecule has 2 aromatic rings. The number of nitrogens with one attached hydrogen (secondary N) is 2. The molecule has 0 saturated carbocycles. The van der Waals surface area contributed by atoms with Crippen LogP contribution in [0.1, 0.15) is 18.4 Å². The van der Waals surface area contributed by atoms with Crippen LogP contribution in [-0.2, 0) is 6.54 Å². The first kappa shape index (κ1) is 24.8. The van der Waals surface area contributed by atoms with Crippen molar-refractivity contribution in [3.63, 3.8) is 0 Å². The SMILES string of the molecule is CN=C(NCCCCOc1ccc(F)cc1)NCc1ccc(OC)c(OC)c1.I. The monoisotopic (exact) mass is 517 g/mol.